The summed E-state index contributed by atoms with van der Waals surface area (Å²) in [5.41, 5.74) is 1.08. The van der Waals surface area contributed by atoms with E-state index in [1.807, 2.05) is 6.07 Å². The number of rotatable bonds is 3. The summed E-state index contributed by atoms with van der Waals surface area (Å²) in [7, 11) is 0. The Labute approximate surface area is 110 Å². The van der Waals surface area contributed by atoms with Crippen molar-refractivity contribution in [3.05, 3.63) is 29.0 Å². The molecule has 2 aromatic rings. The van der Waals surface area contributed by atoms with Crippen LogP contribution >= 0.6 is 15.9 Å². The van der Waals surface area contributed by atoms with Crippen molar-refractivity contribution in [1.29, 1.82) is 0 Å². The van der Waals surface area contributed by atoms with Gasteiger partial charge in [0.1, 0.15) is 10.3 Å². The minimum absolute atomic E-state index is 0.908. The molecule has 1 fully saturated rings. The zero-order valence-electron chi connectivity index (χ0n) is 9.77. The van der Waals surface area contributed by atoms with Crippen LogP contribution in [0.2, 0.25) is 0 Å². The maximum Gasteiger partial charge on any atom is 0.141 e. The Kier molecular flexibility index (Phi) is 3.16. The zero-order chi connectivity index (χ0) is 11.7. The Morgan fingerprint density at radius 2 is 1.94 bits per heavy atom. The second-order valence-electron chi connectivity index (χ2n) is 4.60. The van der Waals surface area contributed by atoms with Gasteiger partial charge < -0.3 is 9.47 Å². The Morgan fingerprint density at radius 1 is 1.12 bits per heavy atom. The molecule has 0 spiro atoms. The first kappa shape index (κ1) is 11.2. The van der Waals surface area contributed by atoms with Gasteiger partial charge in [-0.25, -0.2) is 4.98 Å². The number of fused-ring (bicyclic) bond motifs is 1. The van der Waals surface area contributed by atoms with E-state index in [4.69, 9.17) is 0 Å². The van der Waals surface area contributed by atoms with E-state index in [1.165, 1.54) is 31.3 Å². The Balaban J connectivity index is 1.77. The number of likely N-dealkylation sites (tertiary alicyclic amines) is 1. The molecular formula is C13H16BrN3. The van der Waals surface area contributed by atoms with Gasteiger partial charge in [0.05, 0.1) is 0 Å². The van der Waals surface area contributed by atoms with Gasteiger partial charge in [-0.15, -0.1) is 0 Å². The summed E-state index contributed by atoms with van der Waals surface area (Å²) in [6.45, 7) is 4.69. The second kappa shape index (κ2) is 4.78. The lowest BCUT2D eigenvalue weighted by Gasteiger charge is -2.15. The average molecular weight is 294 g/mol. The monoisotopic (exact) mass is 293 g/mol. The number of aromatic nitrogens is 2. The van der Waals surface area contributed by atoms with Gasteiger partial charge in [-0.3, -0.25) is 0 Å². The van der Waals surface area contributed by atoms with E-state index < -0.39 is 0 Å². The summed E-state index contributed by atoms with van der Waals surface area (Å²) in [4.78, 5) is 7.07. The van der Waals surface area contributed by atoms with Crippen molar-refractivity contribution in [1.82, 2.24) is 14.5 Å². The maximum atomic E-state index is 4.54. The molecule has 0 radical (unpaired) electrons. The van der Waals surface area contributed by atoms with E-state index in [1.54, 1.807) is 0 Å². The molecule has 17 heavy (non-hydrogen) atoms. The van der Waals surface area contributed by atoms with Crippen molar-refractivity contribution in [3.8, 4) is 0 Å². The molecule has 0 atom stereocenters. The molecule has 0 N–H and O–H groups in total. The van der Waals surface area contributed by atoms with Crippen molar-refractivity contribution in [2.45, 2.75) is 19.4 Å². The van der Waals surface area contributed by atoms with Crippen LogP contribution < -0.4 is 0 Å². The van der Waals surface area contributed by atoms with E-state index in [-0.39, 0.29) is 0 Å². The van der Waals surface area contributed by atoms with Gasteiger partial charge >= 0.3 is 0 Å². The molecular weight excluding hydrogens is 278 g/mol. The van der Waals surface area contributed by atoms with Crippen molar-refractivity contribution < 1.29 is 0 Å². The molecule has 0 aliphatic carbocycles. The summed E-state index contributed by atoms with van der Waals surface area (Å²) in [5.74, 6) is 0. The van der Waals surface area contributed by atoms with Gasteiger partial charge in [0.2, 0.25) is 0 Å². The molecule has 3 nitrogen and oxygen atoms in total. The third-order valence-electron chi connectivity index (χ3n) is 3.43. The molecule has 2 aromatic heterocycles. The lowest BCUT2D eigenvalue weighted by Crippen LogP contribution is -2.23. The minimum Gasteiger partial charge on any atom is -0.331 e. The Hall–Kier alpha value is -0.870. The van der Waals surface area contributed by atoms with Crippen molar-refractivity contribution in [3.63, 3.8) is 0 Å². The Morgan fingerprint density at radius 3 is 2.76 bits per heavy atom. The van der Waals surface area contributed by atoms with Crippen LogP contribution in [0.4, 0.5) is 0 Å². The van der Waals surface area contributed by atoms with Gasteiger partial charge in [0, 0.05) is 24.7 Å². The van der Waals surface area contributed by atoms with Crippen molar-refractivity contribution >= 4 is 27.0 Å². The number of halogens is 1. The van der Waals surface area contributed by atoms with E-state index in [9.17, 15) is 0 Å². The van der Waals surface area contributed by atoms with Gasteiger partial charge in [0.25, 0.3) is 0 Å². The topological polar surface area (TPSA) is 21.1 Å². The van der Waals surface area contributed by atoms with Gasteiger partial charge in [-0.2, -0.15) is 0 Å². The van der Waals surface area contributed by atoms with Gasteiger partial charge in [0.15, 0.2) is 0 Å². The van der Waals surface area contributed by atoms with Crippen LogP contribution in [0.5, 0.6) is 0 Å². The highest BCUT2D eigenvalue weighted by molar-refractivity contribution is 9.10. The summed E-state index contributed by atoms with van der Waals surface area (Å²) in [6, 6.07) is 6.24. The molecule has 90 valence electrons. The van der Waals surface area contributed by atoms with E-state index >= 15 is 0 Å². The SMILES string of the molecule is Brc1ccc2ccn(CCN3CCCC3)c2n1. The molecule has 0 saturated carbocycles. The van der Waals surface area contributed by atoms with Crippen LogP contribution in [0.3, 0.4) is 0 Å². The van der Waals surface area contributed by atoms with Crippen molar-refractivity contribution in [2.24, 2.45) is 0 Å². The maximum absolute atomic E-state index is 4.54. The van der Waals surface area contributed by atoms with E-state index in [0.29, 0.717) is 0 Å². The summed E-state index contributed by atoms with van der Waals surface area (Å²) in [5, 5.41) is 1.22. The van der Waals surface area contributed by atoms with E-state index in [2.05, 4.69) is 48.7 Å². The summed E-state index contributed by atoms with van der Waals surface area (Å²) < 4.78 is 3.16. The molecule has 1 aliphatic heterocycles. The first-order chi connectivity index (χ1) is 8.33. The first-order valence-corrected chi connectivity index (χ1v) is 6.96. The first-order valence-electron chi connectivity index (χ1n) is 6.17. The van der Waals surface area contributed by atoms with Crippen LogP contribution in [0, 0.1) is 0 Å². The second-order valence-corrected chi connectivity index (χ2v) is 5.42. The minimum atomic E-state index is 0.908. The van der Waals surface area contributed by atoms with Crippen LogP contribution in [0.25, 0.3) is 11.0 Å². The molecule has 4 heteroatoms. The largest absolute Gasteiger partial charge is 0.331 e. The zero-order valence-corrected chi connectivity index (χ0v) is 11.4. The highest BCUT2D eigenvalue weighted by Crippen LogP contribution is 2.17. The normalized spacial score (nSPS) is 17.0. The predicted molar refractivity (Wildman–Crippen MR) is 73.1 cm³/mol. The Bertz CT molecular complexity index is 514. The fourth-order valence-corrected chi connectivity index (χ4v) is 2.77. The van der Waals surface area contributed by atoms with Crippen molar-refractivity contribution in [2.75, 3.05) is 19.6 Å². The molecule has 0 amide bonds. The third-order valence-corrected chi connectivity index (χ3v) is 3.87. The predicted octanol–water partition coefficient (Wildman–Crippen LogP) is 2.89. The molecule has 1 aliphatic rings. The molecule has 0 aromatic carbocycles. The standard InChI is InChI=1S/C13H16BrN3/c14-12-4-3-11-5-8-17(13(11)15-12)10-9-16-6-1-2-7-16/h3-5,8H,1-2,6-7,9-10H2. The number of hydrogen-bond donors (Lipinski definition) is 0. The van der Waals surface area contributed by atoms with Crippen LogP contribution in [0.15, 0.2) is 29.0 Å². The molecule has 1 saturated heterocycles. The molecule has 0 bridgehead atoms. The summed E-state index contributed by atoms with van der Waals surface area (Å²) in [6.07, 6.45) is 4.85. The lowest BCUT2D eigenvalue weighted by atomic mass is 10.3. The van der Waals surface area contributed by atoms with Gasteiger partial charge in [-0.05, 0) is 60.1 Å². The highest BCUT2D eigenvalue weighted by atomic mass is 79.9. The number of pyridine rings is 1. The third kappa shape index (κ3) is 2.38. The quantitative estimate of drug-likeness (QED) is 0.812. The lowest BCUT2D eigenvalue weighted by molar-refractivity contribution is 0.324. The highest BCUT2D eigenvalue weighted by Gasteiger charge is 2.11. The fraction of sp³-hybridized carbons (Fsp3) is 0.462. The smallest absolute Gasteiger partial charge is 0.141 e. The average Bonchev–Trinajstić information content (AvgIpc) is 2.94. The van der Waals surface area contributed by atoms with Crippen LogP contribution in [-0.2, 0) is 6.54 Å². The van der Waals surface area contributed by atoms with Crippen LogP contribution in [0.1, 0.15) is 12.8 Å². The van der Waals surface area contributed by atoms with Gasteiger partial charge in [-0.1, -0.05) is 0 Å². The molecule has 3 rings (SSSR count). The molecule has 3 heterocycles. The van der Waals surface area contributed by atoms with E-state index in [0.717, 1.165) is 23.3 Å². The fourth-order valence-electron chi connectivity index (χ4n) is 2.47. The summed E-state index contributed by atoms with van der Waals surface area (Å²) >= 11 is 3.43. The molecule has 0 unspecified atom stereocenters. The van der Waals surface area contributed by atoms with Crippen LogP contribution in [-0.4, -0.2) is 34.1 Å². The number of nitrogens with zero attached hydrogens (tertiary/aromatic N) is 3. The number of hydrogen-bond acceptors (Lipinski definition) is 2.